The smallest absolute Gasteiger partial charge is 0.140 e. The fraction of sp³-hybridized carbons (Fsp3) is 0.917. The second kappa shape index (κ2) is 5.61. The molecule has 0 amide bonds. The molecule has 0 radical (unpaired) electrons. The van der Waals surface area contributed by atoms with Crippen molar-refractivity contribution in [3.05, 3.63) is 0 Å². The van der Waals surface area contributed by atoms with Crippen LogP contribution >= 0.6 is 0 Å². The van der Waals surface area contributed by atoms with Crippen molar-refractivity contribution in [1.29, 1.82) is 0 Å². The largest absolute Gasteiger partial charge is 0.317 e. The molecule has 0 aromatic rings. The number of rotatable bonds is 5. The Morgan fingerprint density at radius 1 is 1.47 bits per heavy atom. The van der Waals surface area contributed by atoms with Crippen LogP contribution in [0.25, 0.3) is 0 Å². The zero-order valence-electron chi connectivity index (χ0n) is 10.3. The molecule has 1 unspecified atom stereocenters. The van der Waals surface area contributed by atoms with Crippen molar-refractivity contribution < 1.29 is 4.79 Å². The van der Waals surface area contributed by atoms with Crippen LogP contribution in [0.5, 0.6) is 0 Å². The zero-order chi connectivity index (χ0) is 11.3. The standard InChI is InChI=1S/C12H24N2O/c1-4-5-11(2)14(3)12(10-15)6-8-13-9-7-12/h10-11,13H,4-9H2,1-3H3. The van der Waals surface area contributed by atoms with Crippen molar-refractivity contribution in [3.63, 3.8) is 0 Å². The van der Waals surface area contributed by atoms with E-state index in [4.69, 9.17) is 0 Å². The summed E-state index contributed by atoms with van der Waals surface area (Å²) in [6.45, 7) is 6.33. The van der Waals surface area contributed by atoms with Crippen molar-refractivity contribution in [2.45, 2.75) is 51.1 Å². The van der Waals surface area contributed by atoms with Gasteiger partial charge in [0, 0.05) is 6.04 Å². The van der Waals surface area contributed by atoms with Gasteiger partial charge in [0.1, 0.15) is 6.29 Å². The van der Waals surface area contributed by atoms with E-state index in [1.165, 1.54) is 19.1 Å². The highest BCUT2D eigenvalue weighted by atomic mass is 16.1. The Balaban J connectivity index is 2.66. The molecule has 1 saturated heterocycles. The van der Waals surface area contributed by atoms with Gasteiger partial charge in [-0.3, -0.25) is 4.90 Å². The fourth-order valence-electron chi connectivity index (χ4n) is 2.46. The Bertz CT molecular complexity index is 200. The molecule has 1 heterocycles. The van der Waals surface area contributed by atoms with E-state index < -0.39 is 0 Å². The topological polar surface area (TPSA) is 32.3 Å². The zero-order valence-corrected chi connectivity index (χ0v) is 10.3. The first-order chi connectivity index (χ1) is 7.16. The molecule has 1 atom stereocenters. The first-order valence-electron chi connectivity index (χ1n) is 6.06. The van der Waals surface area contributed by atoms with Gasteiger partial charge in [0.15, 0.2) is 0 Å². The summed E-state index contributed by atoms with van der Waals surface area (Å²) in [4.78, 5) is 13.6. The summed E-state index contributed by atoms with van der Waals surface area (Å²) in [6, 6.07) is 0.498. The lowest BCUT2D eigenvalue weighted by Crippen LogP contribution is -2.57. The molecule has 0 spiro atoms. The summed E-state index contributed by atoms with van der Waals surface area (Å²) in [5.41, 5.74) is -0.208. The minimum absolute atomic E-state index is 0.208. The second-order valence-corrected chi connectivity index (χ2v) is 4.72. The van der Waals surface area contributed by atoms with Gasteiger partial charge >= 0.3 is 0 Å². The van der Waals surface area contributed by atoms with Crippen molar-refractivity contribution in [3.8, 4) is 0 Å². The van der Waals surface area contributed by atoms with E-state index in [1.807, 2.05) is 0 Å². The minimum Gasteiger partial charge on any atom is -0.317 e. The Labute approximate surface area is 93.2 Å². The number of hydrogen-bond acceptors (Lipinski definition) is 3. The number of nitrogens with zero attached hydrogens (tertiary/aromatic N) is 1. The number of aldehydes is 1. The lowest BCUT2D eigenvalue weighted by molar-refractivity contribution is -0.121. The van der Waals surface area contributed by atoms with Gasteiger partial charge in [0.05, 0.1) is 5.54 Å². The van der Waals surface area contributed by atoms with Crippen LogP contribution < -0.4 is 5.32 Å². The van der Waals surface area contributed by atoms with Gasteiger partial charge < -0.3 is 10.1 Å². The maximum Gasteiger partial charge on any atom is 0.140 e. The maximum absolute atomic E-state index is 11.4. The molecular weight excluding hydrogens is 188 g/mol. The molecule has 1 N–H and O–H groups in total. The first kappa shape index (κ1) is 12.7. The molecule has 1 aliphatic rings. The van der Waals surface area contributed by atoms with Gasteiger partial charge in [-0.15, -0.1) is 0 Å². The molecule has 88 valence electrons. The van der Waals surface area contributed by atoms with E-state index in [0.29, 0.717) is 6.04 Å². The molecule has 0 aromatic heterocycles. The lowest BCUT2D eigenvalue weighted by Gasteiger charge is -2.43. The summed E-state index contributed by atoms with van der Waals surface area (Å²) in [7, 11) is 2.10. The molecule has 3 nitrogen and oxygen atoms in total. The highest BCUT2D eigenvalue weighted by molar-refractivity contribution is 5.64. The average molecular weight is 212 g/mol. The van der Waals surface area contributed by atoms with E-state index in [1.54, 1.807) is 0 Å². The van der Waals surface area contributed by atoms with E-state index in [2.05, 4.69) is 31.1 Å². The van der Waals surface area contributed by atoms with Crippen LogP contribution in [0.2, 0.25) is 0 Å². The molecule has 1 rings (SSSR count). The van der Waals surface area contributed by atoms with Crippen molar-refractivity contribution in [2.24, 2.45) is 0 Å². The average Bonchev–Trinajstić information content (AvgIpc) is 2.29. The van der Waals surface area contributed by atoms with Crippen molar-refractivity contribution in [1.82, 2.24) is 10.2 Å². The van der Waals surface area contributed by atoms with Gasteiger partial charge in [-0.05, 0) is 46.3 Å². The molecule has 0 aliphatic carbocycles. The third-order valence-electron chi connectivity index (χ3n) is 3.76. The number of piperidine rings is 1. The van der Waals surface area contributed by atoms with Gasteiger partial charge in [-0.25, -0.2) is 0 Å². The van der Waals surface area contributed by atoms with Gasteiger partial charge in [-0.1, -0.05) is 13.3 Å². The molecule has 0 bridgehead atoms. The van der Waals surface area contributed by atoms with Gasteiger partial charge in [0.25, 0.3) is 0 Å². The summed E-state index contributed by atoms with van der Waals surface area (Å²) >= 11 is 0. The normalized spacial score (nSPS) is 22.7. The molecule has 0 aromatic carbocycles. The van der Waals surface area contributed by atoms with Crippen LogP contribution in [0.1, 0.15) is 39.5 Å². The second-order valence-electron chi connectivity index (χ2n) is 4.72. The van der Waals surface area contributed by atoms with Crippen molar-refractivity contribution >= 4 is 6.29 Å². The quantitative estimate of drug-likeness (QED) is 0.700. The minimum atomic E-state index is -0.208. The summed E-state index contributed by atoms with van der Waals surface area (Å²) < 4.78 is 0. The number of nitrogens with one attached hydrogen (secondary N) is 1. The molecule has 15 heavy (non-hydrogen) atoms. The summed E-state index contributed by atoms with van der Waals surface area (Å²) in [6.07, 6.45) is 5.40. The molecule has 1 aliphatic heterocycles. The van der Waals surface area contributed by atoms with E-state index in [-0.39, 0.29) is 5.54 Å². The first-order valence-corrected chi connectivity index (χ1v) is 6.06. The van der Waals surface area contributed by atoms with Crippen LogP contribution in [-0.4, -0.2) is 42.9 Å². The Morgan fingerprint density at radius 3 is 2.53 bits per heavy atom. The number of likely N-dealkylation sites (N-methyl/N-ethyl adjacent to an activating group) is 1. The van der Waals surface area contributed by atoms with Crippen LogP contribution in [0.3, 0.4) is 0 Å². The third kappa shape index (κ3) is 2.79. The maximum atomic E-state index is 11.4. The predicted molar refractivity (Wildman–Crippen MR) is 63.0 cm³/mol. The lowest BCUT2D eigenvalue weighted by atomic mass is 9.87. The fourth-order valence-corrected chi connectivity index (χ4v) is 2.46. The Hall–Kier alpha value is -0.410. The van der Waals surface area contributed by atoms with Crippen molar-refractivity contribution in [2.75, 3.05) is 20.1 Å². The highest BCUT2D eigenvalue weighted by Crippen LogP contribution is 2.25. The monoisotopic (exact) mass is 212 g/mol. The molecular formula is C12H24N2O. The van der Waals surface area contributed by atoms with E-state index in [0.717, 1.165) is 25.9 Å². The number of hydrogen-bond donors (Lipinski definition) is 1. The third-order valence-corrected chi connectivity index (χ3v) is 3.76. The van der Waals surface area contributed by atoms with Crippen LogP contribution in [-0.2, 0) is 4.79 Å². The van der Waals surface area contributed by atoms with Crippen LogP contribution in [0.15, 0.2) is 0 Å². The molecule has 3 heteroatoms. The number of carbonyl (C=O) groups excluding carboxylic acids is 1. The SMILES string of the molecule is CCCC(C)N(C)C1(C=O)CCNCC1. The molecule has 1 fully saturated rings. The van der Waals surface area contributed by atoms with E-state index >= 15 is 0 Å². The van der Waals surface area contributed by atoms with Gasteiger partial charge in [0.2, 0.25) is 0 Å². The van der Waals surface area contributed by atoms with Crippen LogP contribution in [0.4, 0.5) is 0 Å². The highest BCUT2D eigenvalue weighted by Gasteiger charge is 2.37. The van der Waals surface area contributed by atoms with E-state index in [9.17, 15) is 4.79 Å². The van der Waals surface area contributed by atoms with Gasteiger partial charge in [-0.2, -0.15) is 0 Å². The van der Waals surface area contributed by atoms with Crippen LogP contribution in [0, 0.1) is 0 Å². The molecule has 0 saturated carbocycles. The predicted octanol–water partition coefficient (Wildman–Crippen LogP) is 1.43. The number of carbonyl (C=O) groups is 1. The Kier molecular flexibility index (Phi) is 4.74. The summed E-state index contributed by atoms with van der Waals surface area (Å²) in [5.74, 6) is 0. The Morgan fingerprint density at radius 2 is 2.07 bits per heavy atom. The summed E-state index contributed by atoms with van der Waals surface area (Å²) in [5, 5.41) is 3.31.